The zero-order valence-corrected chi connectivity index (χ0v) is 10.7. The lowest BCUT2D eigenvalue weighted by atomic mass is 10.1. The third-order valence-corrected chi connectivity index (χ3v) is 2.43. The van der Waals surface area contributed by atoms with Crippen LogP contribution in [0.15, 0.2) is 18.5 Å². The fourth-order valence-electron chi connectivity index (χ4n) is 1.48. The van der Waals surface area contributed by atoms with Crippen LogP contribution in [0.1, 0.15) is 31.0 Å². The second-order valence-electron chi connectivity index (χ2n) is 4.35. The Morgan fingerprint density at radius 3 is 2.72 bits per heavy atom. The molecule has 0 unspecified atom stereocenters. The zero-order chi connectivity index (χ0) is 13.1. The van der Waals surface area contributed by atoms with E-state index in [9.17, 15) is 5.11 Å². The minimum absolute atomic E-state index is 0.0474. The van der Waals surface area contributed by atoms with Crippen molar-refractivity contribution in [3.8, 4) is 11.9 Å². The lowest BCUT2D eigenvalue weighted by Gasteiger charge is -2.09. The molecule has 6 nitrogen and oxygen atoms in total. The van der Waals surface area contributed by atoms with Crippen LogP contribution in [-0.4, -0.2) is 24.9 Å². The highest BCUT2D eigenvalue weighted by atomic mass is 16.5. The first-order valence-corrected chi connectivity index (χ1v) is 5.73. The summed E-state index contributed by atoms with van der Waals surface area (Å²) in [6.07, 6.45) is 1.55. The molecule has 0 aliphatic heterocycles. The molecular formula is C12H16N4O2. The smallest absolute Gasteiger partial charge is 0.342 e. The van der Waals surface area contributed by atoms with Crippen molar-refractivity contribution in [1.29, 1.82) is 0 Å². The van der Waals surface area contributed by atoms with Gasteiger partial charge in [0, 0.05) is 18.8 Å². The first-order valence-electron chi connectivity index (χ1n) is 5.73. The van der Waals surface area contributed by atoms with E-state index in [0.717, 1.165) is 11.3 Å². The Bertz CT molecular complexity index is 537. The average Bonchev–Trinajstić information content (AvgIpc) is 2.74. The van der Waals surface area contributed by atoms with E-state index in [0.29, 0.717) is 5.88 Å². The Balaban J connectivity index is 2.29. The molecule has 0 spiro atoms. The molecule has 2 rings (SSSR count). The van der Waals surface area contributed by atoms with Gasteiger partial charge < -0.3 is 9.84 Å². The van der Waals surface area contributed by atoms with Gasteiger partial charge in [-0.3, -0.25) is 4.68 Å². The summed E-state index contributed by atoms with van der Waals surface area (Å²) in [5, 5.41) is 13.2. The van der Waals surface area contributed by atoms with Crippen LogP contribution in [0.4, 0.5) is 0 Å². The topological polar surface area (TPSA) is 73.1 Å². The second kappa shape index (κ2) is 5.14. The second-order valence-corrected chi connectivity index (χ2v) is 4.35. The van der Waals surface area contributed by atoms with Gasteiger partial charge in [-0.2, -0.15) is 4.98 Å². The van der Waals surface area contributed by atoms with Gasteiger partial charge in [-0.15, -0.1) is 5.10 Å². The van der Waals surface area contributed by atoms with E-state index in [2.05, 4.69) is 15.1 Å². The number of rotatable bonds is 4. The molecule has 0 bridgehead atoms. The first-order chi connectivity index (χ1) is 8.58. The number of hydrogen-bond donors (Lipinski definition) is 1. The quantitative estimate of drug-likeness (QED) is 0.890. The van der Waals surface area contributed by atoms with Crippen molar-refractivity contribution in [2.24, 2.45) is 7.05 Å². The molecule has 2 aromatic heterocycles. The number of ether oxygens (including phenoxy) is 1. The lowest BCUT2D eigenvalue weighted by Crippen LogP contribution is -1.99. The SMILES string of the molecule is CC(C)c1cc(CO)cc(Oc2ncn(C)n2)n1. The molecule has 96 valence electrons. The standard InChI is InChI=1S/C12H16N4O2/c1-8(2)10-4-9(6-17)5-11(14-10)18-12-13-7-16(3)15-12/h4-5,7-8,17H,6H2,1-3H3. The molecule has 0 amide bonds. The van der Waals surface area contributed by atoms with Crippen molar-refractivity contribution >= 4 is 0 Å². The summed E-state index contributed by atoms with van der Waals surface area (Å²) in [6.45, 7) is 4.02. The molecule has 0 saturated carbocycles. The number of nitrogens with zero attached hydrogens (tertiary/aromatic N) is 4. The highest BCUT2D eigenvalue weighted by Crippen LogP contribution is 2.21. The maximum atomic E-state index is 9.22. The van der Waals surface area contributed by atoms with E-state index in [4.69, 9.17) is 4.74 Å². The Labute approximate surface area is 105 Å². The molecule has 6 heteroatoms. The van der Waals surface area contributed by atoms with Gasteiger partial charge in [0.05, 0.1) is 6.61 Å². The van der Waals surface area contributed by atoms with Crippen LogP contribution in [0.25, 0.3) is 0 Å². The van der Waals surface area contributed by atoms with E-state index in [1.165, 1.54) is 0 Å². The highest BCUT2D eigenvalue weighted by molar-refractivity contribution is 5.27. The molecule has 18 heavy (non-hydrogen) atoms. The number of hydrogen-bond acceptors (Lipinski definition) is 5. The molecule has 0 aliphatic carbocycles. The summed E-state index contributed by atoms with van der Waals surface area (Å²) in [5.41, 5.74) is 1.63. The van der Waals surface area contributed by atoms with Crippen LogP contribution in [0, 0.1) is 0 Å². The van der Waals surface area contributed by atoms with Crippen molar-refractivity contribution in [1.82, 2.24) is 19.7 Å². The molecule has 0 aromatic carbocycles. The maximum absolute atomic E-state index is 9.22. The summed E-state index contributed by atoms with van der Waals surface area (Å²) < 4.78 is 7.02. The highest BCUT2D eigenvalue weighted by Gasteiger charge is 2.09. The average molecular weight is 248 g/mol. The predicted molar refractivity (Wildman–Crippen MR) is 65.3 cm³/mol. The van der Waals surface area contributed by atoms with Crippen molar-refractivity contribution in [2.45, 2.75) is 26.4 Å². The largest absolute Gasteiger partial charge is 0.404 e. The number of aromatic nitrogens is 4. The van der Waals surface area contributed by atoms with Crippen molar-refractivity contribution in [3.63, 3.8) is 0 Å². The third-order valence-electron chi connectivity index (χ3n) is 2.43. The number of aryl methyl sites for hydroxylation is 1. The Morgan fingerprint density at radius 1 is 1.39 bits per heavy atom. The summed E-state index contributed by atoms with van der Waals surface area (Å²) in [6, 6.07) is 3.79. The number of aliphatic hydroxyl groups is 1. The summed E-state index contributed by atoms with van der Waals surface area (Å²) in [5.74, 6) is 0.659. The van der Waals surface area contributed by atoms with E-state index in [1.54, 1.807) is 24.1 Å². The van der Waals surface area contributed by atoms with Crippen LogP contribution in [0.2, 0.25) is 0 Å². The van der Waals surface area contributed by atoms with Gasteiger partial charge in [0.2, 0.25) is 5.88 Å². The van der Waals surface area contributed by atoms with Gasteiger partial charge in [-0.1, -0.05) is 13.8 Å². The van der Waals surface area contributed by atoms with Gasteiger partial charge in [-0.25, -0.2) is 4.98 Å². The summed E-state index contributed by atoms with van der Waals surface area (Å²) in [4.78, 5) is 8.33. The van der Waals surface area contributed by atoms with Crippen LogP contribution in [0.5, 0.6) is 11.9 Å². The Morgan fingerprint density at radius 2 is 2.17 bits per heavy atom. The molecule has 0 fully saturated rings. The van der Waals surface area contributed by atoms with Crippen molar-refractivity contribution in [2.75, 3.05) is 0 Å². The molecule has 0 saturated heterocycles. The molecule has 0 radical (unpaired) electrons. The Hall–Kier alpha value is -1.95. The minimum atomic E-state index is -0.0474. The number of aliphatic hydroxyl groups excluding tert-OH is 1. The van der Waals surface area contributed by atoms with Gasteiger partial charge >= 0.3 is 6.01 Å². The van der Waals surface area contributed by atoms with E-state index in [-0.39, 0.29) is 18.5 Å². The first kappa shape index (κ1) is 12.5. The molecule has 2 aromatic rings. The van der Waals surface area contributed by atoms with Crippen LogP contribution < -0.4 is 4.74 Å². The van der Waals surface area contributed by atoms with Gasteiger partial charge in [0.15, 0.2) is 0 Å². The van der Waals surface area contributed by atoms with Gasteiger partial charge in [0.1, 0.15) is 6.33 Å². The van der Waals surface area contributed by atoms with Crippen molar-refractivity contribution in [3.05, 3.63) is 29.7 Å². The fourth-order valence-corrected chi connectivity index (χ4v) is 1.48. The molecule has 0 aliphatic rings. The van der Waals surface area contributed by atoms with Gasteiger partial charge in [0.25, 0.3) is 0 Å². The normalized spacial score (nSPS) is 10.9. The van der Waals surface area contributed by atoms with Crippen LogP contribution in [0.3, 0.4) is 0 Å². The zero-order valence-electron chi connectivity index (χ0n) is 10.7. The number of pyridine rings is 1. The minimum Gasteiger partial charge on any atom is -0.404 e. The molecule has 1 N–H and O–H groups in total. The monoisotopic (exact) mass is 248 g/mol. The lowest BCUT2D eigenvalue weighted by molar-refractivity contribution is 0.280. The van der Waals surface area contributed by atoms with Crippen LogP contribution >= 0.6 is 0 Å². The van der Waals surface area contributed by atoms with Crippen molar-refractivity contribution < 1.29 is 9.84 Å². The predicted octanol–water partition coefficient (Wildman–Crippen LogP) is 1.62. The molecule has 0 atom stereocenters. The summed E-state index contributed by atoms with van der Waals surface area (Å²) in [7, 11) is 1.76. The fraction of sp³-hybridized carbons (Fsp3) is 0.417. The van der Waals surface area contributed by atoms with E-state index < -0.39 is 0 Å². The summed E-state index contributed by atoms with van der Waals surface area (Å²) >= 11 is 0. The van der Waals surface area contributed by atoms with E-state index >= 15 is 0 Å². The third kappa shape index (κ3) is 2.84. The molecule has 2 heterocycles. The van der Waals surface area contributed by atoms with E-state index in [1.807, 2.05) is 19.9 Å². The van der Waals surface area contributed by atoms with Gasteiger partial charge in [-0.05, 0) is 17.5 Å². The van der Waals surface area contributed by atoms with Crippen LogP contribution in [-0.2, 0) is 13.7 Å². The Kier molecular flexibility index (Phi) is 3.57. The maximum Gasteiger partial charge on any atom is 0.342 e. The molecular weight excluding hydrogens is 232 g/mol.